The van der Waals surface area contributed by atoms with Crippen LogP contribution in [0.15, 0.2) is 116 Å². The molecule has 1 aliphatic carbocycles. The zero-order chi connectivity index (χ0) is 21.1. The fourth-order valence-electron chi connectivity index (χ4n) is 3.97. The maximum atomic E-state index is 11.3. The van der Waals surface area contributed by atoms with Crippen molar-refractivity contribution in [2.75, 3.05) is 0 Å². The van der Waals surface area contributed by atoms with Crippen molar-refractivity contribution in [2.45, 2.75) is 5.72 Å². The van der Waals surface area contributed by atoms with E-state index in [1.54, 1.807) is 23.3 Å². The monoisotopic (exact) mass is 595 g/mol. The van der Waals surface area contributed by atoms with Crippen molar-refractivity contribution in [2.24, 2.45) is 0 Å². The second kappa shape index (κ2) is 9.41. The van der Waals surface area contributed by atoms with Gasteiger partial charge in [-0.15, -0.1) is 35.9 Å². The van der Waals surface area contributed by atoms with Gasteiger partial charge in [0.15, 0.2) is 0 Å². The molecule has 6 rings (SSSR count). The van der Waals surface area contributed by atoms with Gasteiger partial charge in [-0.05, 0) is 29.0 Å². The molecule has 3 aromatic carbocycles. The topological polar surface area (TPSA) is 50.9 Å². The molecule has 159 valence electrons. The zero-order valence-electron chi connectivity index (χ0n) is 17.1. The van der Waals surface area contributed by atoms with Crippen LogP contribution in [-0.2, 0) is 25.8 Å². The number of aromatic nitrogens is 3. The number of hydrogen-bond acceptors (Lipinski definition) is 3. The van der Waals surface area contributed by atoms with Gasteiger partial charge in [-0.2, -0.15) is 5.10 Å². The predicted molar refractivity (Wildman–Crippen MR) is 121 cm³/mol. The molecule has 0 unspecified atom stereocenters. The Morgan fingerprint density at radius 1 is 0.719 bits per heavy atom. The molecule has 0 amide bonds. The minimum Gasteiger partial charge on any atom is -0.362 e. The number of rotatable bonds is 2. The third-order valence-corrected chi connectivity index (χ3v) is 5.38. The van der Waals surface area contributed by atoms with Crippen LogP contribution in [0, 0.1) is 6.07 Å². The Morgan fingerprint density at radius 3 is 1.94 bits per heavy atom. The molecule has 1 radical (unpaired) electrons. The SMILES string of the molecule is OC1(n2cccn2)c2ccccc2-c2ccccc21.[Ir].[c-]1ccccc1-c1ccccn1. The average Bonchev–Trinajstić information content (AvgIpc) is 3.48. The first-order valence-corrected chi connectivity index (χ1v) is 10.1. The summed E-state index contributed by atoms with van der Waals surface area (Å²) in [5, 5.41) is 15.5. The van der Waals surface area contributed by atoms with Crippen molar-refractivity contribution in [3.8, 4) is 22.4 Å². The molecule has 0 spiro atoms. The van der Waals surface area contributed by atoms with Crippen LogP contribution in [0.25, 0.3) is 22.4 Å². The first-order valence-electron chi connectivity index (χ1n) is 10.1. The maximum absolute atomic E-state index is 11.3. The molecule has 5 aromatic rings. The van der Waals surface area contributed by atoms with Gasteiger partial charge in [-0.25, -0.2) is 4.68 Å². The van der Waals surface area contributed by atoms with Gasteiger partial charge in [0.2, 0.25) is 5.72 Å². The van der Waals surface area contributed by atoms with Gasteiger partial charge in [-0.1, -0.05) is 60.7 Å². The van der Waals surface area contributed by atoms with E-state index in [2.05, 4.69) is 16.1 Å². The zero-order valence-corrected chi connectivity index (χ0v) is 19.5. The molecule has 0 bridgehead atoms. The molecule has 1 N–H and O–H groups in total. The summed E-state index contributed by atoms with van der Waals surface area (Å²) < 4.78 is 1.61. The Hall–Kier alpha value is -3.37. The van der Waals surface area contributed by atoms with Crippen molar-refractivity contribution in [1.29, 1.82) is 0 Å². The molecule has 5 heteroatoms. The van der Waals surface area contributed by atoms with E-state index in [0.717, 1.165) is 33.5 Å². The van der Waals surface area contributed by atoms with Crippen molar-refractivity contribution in [1.82, 2.24) is 14.8 Å². The minimum absolute atomic E-state index is 0. The van der Waals surface area contributed by atoms with Crippen molar-refractivity contribution >= 4 is 0 Å². The summed E-state index contributed by atoms with van der Waals surface area (Å²) in [6, 6.07) is 34.5. The molecule has 0 atom stereocenters. The molecule has 1 aliphatic rings. The minimum atomic E-state index is -1.21. The van der Waals surface area contributed by atoms with E-state index in [9.17, 15) is 5.11 Å². The molecule has 0 fully saturated rings. The van der Waals surface area contributed by atoms with Gasteiger partial charge in [-0.3, -0.25) is 0 Å². The van der Waals surface area contributed by atoms with Crippen LogP contribution in [0.3, 0.4) is 0 Å². The van der Waals surface area contributed by atoms with Gasteiger partial charge >= 0.3 is 0 Å². The van der Waals surface area contributed by atoms with E-state index in [1.807, 2.05) is 97.1 Å². The molecule has 2 aromatic heterocycles. The first-order chi connectivity index (χ1) is 15.3. The molecule has 4 nitrogen and oxygen atoms in total. The van der Waals surface area contributed by atoms with E-state index < -0.39 is 5.72 Å². The molecule has 0 saturated carbocycles. The standard InChI is InChI=1S/C16H12N2O.C11H8N.Ir/c19-16(18-11-5-10-17-18)14-8-3-1-6-12(14)13-7-2-4-9-15(13)16;1-2-6-10(7-3-1)11-8-4-5-9-12-11;/h1-11,19H;1-6,8-9H;/q;-1;. The molecular weight excluding hydrogens is 575 g/mol. The van der Waals surface area contributed by atoms with Crippen LogP contribution in [0.5, 0.6) is 0 Å². The Morgan fingerprint density at radius 2 is 1.38 bits per heavy atom. The molecule has 0 saturated heterocycles. The summed E-state index contributed by atoms with van der Waals surface area (Å²) in [6.45, 7) is 0. The van der Waals surface area contributed by atoms with E-state index in [4.69, 9.17) is 0 Å². The predicted octanol–water partition coefficient (Wildman–Crippen LogP) is 5.15. The smallest absolute Gasteiger partial charge is 0.211 e. The summed E-state index contributed by atoms with van der Waals surface area (Å²) >= 11 is 0. The van der Waals surface area contributed by atoms with E-state index in [-0.39, 0.29) is 20.1 Å². The van der Waals surface area contributed by atoms with Crippen LogP contribution >= 0.6 is 0 Å². The molecule has 32 heavy (non-hydrogen) atoms. The van der Waals surface area contributed by atoms with Crippen LogP contribution in [-0.4, -0.2) is 19.9 Å². The molecule has 2 heterocycles. The summed E-state index contributed by atoms with van der Waals surface area (Å²) in [5.74, 6) is 0. The van der Waals surface area contributed by atoms with Crippen LogP contribution in [0.4, 0.5) is 0 Å². The normalized spacial score (nSPS) is 12.5. The Labute approximate surface area is 200 Å². The van der Waals surface area contributed by atoms with E-state index in [1.165, 1.54) is 0 Å². The second-order valence-corrected chi connectivity index (χ2v) is 7.21. The maximum Gasteiger partial charge on any atom is 0.211 e. The van der Waals surface area contributed by atoms with Gasteiger partial charge in [0.25, 0.3) is 0 Å². The van der Waals surface area contributed by atoms with Gasteiger partial charge in [0.1, 0.15) is 0 Å². The number of fused-ring (bicyclic) bond motifs is 3. The van der Waals surface area contributed by atoms with Gasteiger partial charge in [0.05, 0.1) is 0 Å². The first kappa shape index (κ1) is 21.8. The third-order valence-electron chi connectivity index (χ3n) is 5.38. The van der Waals surface area contributed by atoms with E-state index in [0.29, 0.717) is 0 Å². The summed E-state index contributed by atoms with van der Waals surface area (Å²) in [7, 11) is 0. The van der Waals surface area contributed by atoms with Gasteiger partial charge in [0, 0.05) is 49.8 Å². The summed E-state index contributed by atoms with van der Waals surface area (Å²) in [5.41, 5.74) is 4.68. The number of hydrogen-bond donors (Lipinski definition) is 1. The Balaban J connectivity index is 0.000000164. The van der Waals surface area contributed by atoms with Gasteiger partial charge < -0.3 is 10.1 Å². The average molecular weight is 595 g/mol. The number of pyridine rings is 1. The van der Waals surface area contributed by atoms with Crippen LogP contribution in [0.1, 0.15) is 11.1 Å². The number of nitrogens with zero attached hydrogens (tertiary/aromatic N) is 3. The fraction of sp³-hybridized carbons (Fsp3) is 0.0370. The largest absolute Gasteiger partial charge is 0.362 e. The molecule has 0 aliphatic heterocycles. The third kappa shape index (κ3) is 3.82. The summed E-state index contributed by atoms with van der Waals surface area (Å²) in [4.78, 5) is 4.22. The molecular formula is C27H20IrN3O-. The van der Waals surface area contributed by atoms with E-state index >= 15 is 0 Å². The second-order valence-electron chi connectivity index (χ2n) is 7.21. The quantitative estimate of drug-likeness (QED) is 0.288. The van der Waals surface area contributed by atoms with Crippen LogP contribution in [0.2, 0.25) is 0 Å². The van der Waals surface area contributed by atoms with Crippen LogP contribution < -0.4 is 0 Å². The Bertz CT molecular complexity index is 1210. The van der Waals surface area contributed by atoms with Crippen molar-refractivity contribution in [3.63, 3.8) is 0 Å². The van der Waals surface area contributed by atoms with Crippen molar-refractivity contribution in [3.05, 3.63) is 133 Å². The number of aliphatic hydroxyl groups is 1. The fourth-order valence-corrected chi connectivity index (χ4v) is 3.97. The Kier molecular flexibility index (Phi) is 6.42. The summed E-state index contributed by atoms with van der Waals surface area (Å²) in [6.07, 6.45) is 5.26. The number of benzene rings is 3. The van der Waals surface area contributed by atoms with Crippen molar-refractivity contribution < 1.29 is 25.2 Å².